The molecule has 9 heteroatoms. The summed E-state index contributed by atoms with van der Waals surface area (Å²) in [7, 11) is -2.25. The van der Waals surface area contributed by atoms with Crippen molar-refractivity contribution in [3.05, 3.63) is 53.9 Å². The minimum absolute atomic E-state index is 0.0328. The first-order valence-electron chi connectivity index (χ1n) is 11.8. The molecule has 3 atom stereocenters. The first kappa shape index (κ1) is 25.2. The van der Waals surface area contributed by atoms with Crippen molar-refractivity contribution in [2.45, 2.75) is 43.7 Å². The Hall–Kier alpha value is -2.93. The third-order valence-electron chi connectivity index (χ3n) is 6.35. The molecule has 1 aliphatic carbocycles. The van der Waals surface area contributed by atoms with Crippen molar-refractivity contribution in [3.63, 3.8) is 0 Å². The van der Waals surface area contributed by atoms with E-state index < -0.39 is 22.2 Å². The number of aliphatic hydroxyl groups is 1. The SMILES string of the molecule is C[C@@H]1CN([C@@H](C)CO)S(=O)(=O)c2ccc(C#CC3CC3)cc2O[C@H]1CN(C)C(=O)c1ccccn1. The predicted octanol–water partition coefficient (Wildman–Crippen LogP) is 2.38. The molecule has 2 heterocycles. The summed E-state index contributed by atoms with van der Waals surface area (Å²) in [6, 6.07) is 9.41. The summed E-state index contributed by atoms with van der Waals surface area (Å²) in [6.07, 6.45) is 3.25. The van der Waals surface area contributed by atoms with E-state index in [1.54, 1.807) is 50.5 Å². The molecule has 1 fully saturated rings. The Morgan fingerprint density at radius 1 is 1.31 bits per heavy atom. The van der Waals surface area contributed by atoms with E-state index in [1.165, 1.54) is 15.3 Å². The van der Waals surface area contributed by atoms with Crippen LogP contribution in [0.1, 0.15) is 42.7 Å². The molecular weight excluding hydrogens is 466 g/mol. The minimum atomic E-state index is -3.92. The summed E-state index contributed by atoms with van der Waals surface area (Å²) in [5, 5.41) is 9.78. The number of likely N-dealkylation sites (N-methyl/N-ethyl adjacent to an activating group) is 1. The van der Waals surface area contributed by atoms with E-state index in [0.717, 1.165) is 12.8 Å². The van der Waals surface area contributed by atoms with Crippen molar-refractivity contribution in [2.75, 3.05) is 26.7 Å². The molecule has 4 rings (SSSR count). The lowest BCUT2D eigenvalue weighted by molar-refractivity contribution is 0.0559. The van der Waals surface area contributed by atoms with Crippen LogP contribution in [0.4, 0.5) is 0 Å². The van der Waals surface area contributed by atoms with E-state index in [1.807, 2.05) is 6.92 Å². The van der Waals surface area contributed by atoms with E-state index in [2.05, 4.69) is 16.8 Å². The maximum Gasteiger partial charge on any atom is 0.272 e. The average Bonchev–Trinajstić information content (AvgIpc) is 3.69. The zero-order chi connectivity index (χ0) is 25.2. The van der Waals surface area contributed by atoms with E-state index >= 15 is 0 Å². The smallest absolute Gasteiger partial charge is 0.272 e. The lowest BCUT2D eigenvalue weighted by Crippen LogP contribution is -2.50. The summed E-state index contributed by atoms with van der Waals surface area (Å²) in [5.74, 6) is 6.40. The van der Waals surface area contributed by atoms with Crippen LogP contribution >= 0.6 is 0 Å². The zero-order valence-corrected chi connectivity index (χ0v) is 21.0. The molecule has 0 bridgehead atoms. The van der Waals surface area contributed by atoms with E-state index in [4.69, 9.17) is 4.74 Å². The lowest BCUT2D eigenvalue weighted by Gasteiger charge is -2.37. The number of pyridine rings is 1. The van der Waals surface area contributed by atoms with Gasteiger partial charge in [0.25, 0.3) is 5.91 Å². The number of nitrogens with zero attached hydrogens (tertiary/aromatic N) is 3. The minimum Gasteiger partial charge on any atom is -0.487 e. The highest BCUT2D eigenvalue weighted by Gasteiger charge is 2.38. The number of hydrogen-bond donors (Lipinski definition) is 1. The van der Waals surface area contributed by atoms with E-state index in [0.29, 0.717) is 17.2 Å². The van der Waals surface area contributed by atoms with E-state index in [9.17, 15) is 18.3 Å². The Kier molecular flexibility index (Phi) is 7.45. The van der Waals surface area contributed by atoms with Crippen LogP contribution < -0.4 is 4.74 Å². The Bertz CT molecular complexity index is 1230. The van der Waals surface area contributed by atoms with Gasteiger partial charge in [0.2, 0.25) is 10.0 Å². The number of fused-ring (bicyclic) bond motifs is 1. The highest BCUT2D eigenvalue weighted by Crippen LogP contribution is 2.34. The topological polar surface area (TPSA) is 100 Å². The van der Waals surface area contributed by atoms with Crippen molar-refractivity contribution in [1.82, 2.24) is 14.2 Å². The first-order chi connectivity index (χ1) is 16.7. The van der Waals surface area contributed by atoms with Crippen LogP contribution in [-0.2, 0) is 10.0 Å². The fourth-order valence-electron chi connectivity index (χ4n) is 3.97. The van der Waals surface area contributed by atoms with Gasteiger partial charge in [-0.2, -0.15) is 4.31 Å². The van der Waals surface area contributed by atoms with Crippen LogP contribution in [0.3, 0.4) is 0 Å². The van der Waals surface area contributed by atoms with Crippen molar-refractivity contribution in [2.24, 2.45) is 11.8 Å². The fourth-order valence-corrected chi connectivity index (χ4v) is 5.80. The highest BCUT2D eigenvalue weighted by molar-refractivity contribution is 7.89. The second-order valence-electron chi connectivity index (χ2n) is 9.35. The molecule has 1 aromatic heterocycles. The molecular formula is C26H31N3O5S. The molecule has 2 aliphatic rings. The molecule has 35 heavy (non-hydrogen) atoms. The van der Waals surface area contributed by atoms with Crippen molar-refractivity contribution >= 4 is 15.9 Å². The largest absolute Gasteiger partial charge is 0.487 e. The molecule has 0 spiro atoms. The predicted molar refractivity (Wildman–Crippen MR) is 131 cm³/mol. The highest BCUT2D eigenvalue weighted by atomic mass is 32.2. The number of rotatable bonds is 5. The van der Waals surface area contributed by atoms with Gasteiger partial charge in [0.15, 0.2) is 0 Å². The number of sulfonamides is 1. The Morgan fingerprint density at radius 2 is 2.09 bits per heavy atom. The molecule has 2 aromatic rings. The van der Waals surface area contributed by atoms with Gasteiger partial charge in [0.05, 0.1) is 13.2 Å². The van der Waals surface area contributed by atoms with Crippen LogP contribution in [0.15, 0.2) is 47.5 Å². The van der Waals surface area contributed by atoms with Gasteiger partial charge in [-0.3, -0.25) is 9.78 Å². The van der Waals surface area contributed by atoms with Crippen LogP contribution in [0.25, 0.3) is 0 Å². The molecule has 0 unspecified atom stereocenters. The third kappa shape index (κ3) is 5.67. The molecule has 1 aliphatic heterocycles. The quantitative estimate of drug-likeness (QED) is 0.637. The number of amides is 1. The van der Waals surface area contributed by atoms with Crippen molar-refractivity contribution in [1.29, 1.82) is 0 Å². The summed E-state index contributed by atoms with van der Waals surface area (Å²) in [4.78, 5) is 18.6. The fraction of sp³-hybridized carbons (Fsp3) is 0.462. The van der Waals surface area contributed by atoms with Crippen LogP contribution in [0, 0.1) is 23.7 Å². The van der Waals surface area contributed by atoms with Gasteiger partial charge < -0.3 is 14.7 Å². The Labute approximate surface area is 207 Å². The monoisotopic (exact) mass is 497 g/mol. The van der Waals surface area contributed by atoms with Crippen molar-refractivity contribution < 1.29 is 23.1 Å². The molecule has 8 nitrogen and oxygen atoms in total. The van der Waals surface area contributed by atoms with Crippen LogP contribution in [0.5, 0.6) is 5.75 Å². The maximum atomic E-state index is 13.6. The standard InChI is InChI=1S/C26H31N3O5S/c1-18-15-29(19(2)17-30)35(32,33)25-12-11-21(10-9-20-7-8-20)14-23(25)34-24(18)16-28(3)26(31)22-6-4-5-13-27-22/h4-6,11-14,18-20,24,30H,7-8,15-17H2,1-3H3/t18-,19+,24+/m1/s1. The molecule has 186 valence electrons. The zero-order valence-electron chi connectivity index (χ0n) is 20.2. The van der Waals surface area contributed by atoms with Crippen LogP contribution in [-0.4, -0.2) is 72.5 Å². The lowest BCUT2D eigenvalue weighted by atomic mass is 10.0. The van der Waals surface area contributed by atoms with Gasteiger partial charge in [0, 0.05) is 43.2 Å². The van der Waals surface area contributed by atoms with Crippen molar-refractivity contribution in [3.8, 4) is 17.6 Å². The molecule has 0 radical (unpaired) electrons. The van der Waals surface area contributed by atoms with Crippen LogP contribution in [0.2, 0.25) is 0 Å². The third-order valence-corrected chi connectivity index (χ3v) is 8.37. The molecule has 1 aromatic carbocycles. The summed E-state index contributed by atoms with van der Waals surface area (Å²) >= 11 is 0. The Morgan fingerprint density at radius 3 is 2.74 bits per heavy atom. The Balaban J connectivity index is 1.69. The number of carbonyl (C=O) groups excluding carboxylic acids is 1. The van der Waals surface area contributed by atoms with Gasteiger partial charge in [-0.05, 0) is 50.1 Å². The number of carbonyl (C=O) groups is 1. The second kappa shape index (κ2) is 10.4. The number of hydrogen-bond acceptors (Lipinski definition) is 6. The van der Waals surface area contributed by atoms with Gasteiger partial charge in [-0.25, -0.2) is 8.42 Å². The molecule has 1 N–H and O–H groups in total. The normalized spacial score (nSPS) is 22.4. The first-order valence-corrected chi connectivity index (χ1v) is 13.3. The number of aromatic nitrogens is 1. The number of ether oxygens (including phenoxy) is 1. The average molecular weight is 498 g/mol. The number of aliphatic hydroxyl groups excluding tert-OH is 1. The second-order valence-corrected chi connectivity index (χ2v) is 11.2. The van der Waals surface area contributed by atoms with Gasteiger partial charge in [-0.15, -0.1) is 0 Å². The number of benzene rings is 1. The summed E-state index contributed by atoms with van der Waals surface area (Å²) in [6.45, 7) is 3.62. The summed E-state index contributed by atoms with van der Waals surface area (Å²) in [5.41, 5.74) is 1.00. The molecule has 1 saturated carbocycles. The maximum absolute atomic E-state index is 13.6. The summed E-state index contributed by atoms with van der Waals surface area (Å²) < 4.78 is 34.8. The molecule has 1 amide bonds. The van der Waals surface area contributed by atoms with Gasteiger partial charge >= 0.3 is 0 Å². The van der Waals surface area contributed by atoms with Gasteiger partial charge in [0.1, 0.15) is 22.4 Å². The molecule has 0 saturated heterocycles. The van der Waals surface area contributed by atoms with E-state index in [-0.39, 0.29) is 42.2 Å². The van der Waals surface area contributed by atoms with Gasteiger partial charge in [-0.1, -0.05) is 24.8 Å².